The molecule has 0 aromatic carbocycles. The minimum Gasteiger partial charge on any atom is -0.416 e. The lowest BCUT2D eigenvalue weighted by molar-refractivity contribution is 0.389. The molecule has 2 aromatic heterocycles. The smallest absolute Gasteiger partial charge is 0.276 e. The van der Waals surface area contributed by atoms with Gasteiger partial charge < -0.3 is 4.42 Å². The van der Waals surface area contributed by atoms with E-state index in [1.165, 1.54) is 11.8 Å². The van der Waals surface area contributed by atoms with Gasteiger partial charge in [-0.1, -0.05) is 23.4 Å². The molecule has 0 N–H and O–H groups in total. The minimum atomic E-state index is -2.87. The van der Waals surface area contributed by atoms with Gasteiger partial charge >= 0.3 is 0 Å². The Kier molecular flexibility index (Phi) is 4.47. The Labute approximate surface area is 137 Å². The van der Waals surface area contributed by atoms with Crippen LogP contribution in [0.5, 0.6) is 0 Å². The monoisotopic (exact) mass is 362 g/mol. The number of rotatable bonds is 5. The molecule has 1 atom stereocenters. The van der Waals surface area contributed by atoms with Crippen molar-refractivity contribution < 1.29 is 12.8 Å². The van der Waals surface area contributed by atoms with Crippen molar-refractivity contribution in [2.75, 3.05) is 11.5 Å². The van der Waals surface area contributed by atoms with Gasteiger partial charge in [-0.3, -0.25) is 4.68 Å². The van der Waals surface area contributed by atoms with Crippen LogP contribution in [0.2, 0.25) is 5.15 Å². The van der Waals surface area contributed by atoms with Crippen molar-refractivity contribution >= 4 is 33.2 Å². The van der Waals surface area contributed by atoms with Crippen molar-refractivity contribution in [3.8, 4) is 0 Å². The first-order chi connectivity index (χ1) is 10.4. The molecule has 1 saturated heterocycles. The number of aryl methyl sites for hydroxylation is 1. The molecule has 22 heavy (non-hydrogen) atoms. The molecule has 3 heterocycles. The fraction of sp³-hybridized carbons (Fsp3) is 0.583. The number of hydrogen-bond acceptors (Lipinski definition) is 7. The average Bonchev–Trinajstić information content (AvgIpc) is 3.10. The third-order valence-electron chi connectivity index (χ3n) is 3.46. The van der Waals surface area contributed by atoms with Gasteiger partial charge in [-0.25, -0.2) is 8.42 Å². The second kappa shape index (κ2) is 6.21. The Morgan fingerprint density at radius 1 is 1.50 bits per heavy atom. The molecule has 0 amide bonds. The van der Waals surface area contributed by atoms with E-state index in [0.717, 1.165) is 5.69 Å². The van der Waals surface area contributed by atoms with Crippen LogP contribution in [-0.2, 0) is 29.1 Å². The van der Waals surface area contributed by atoms with Gasteiger partial charge in [0.2, 0.25) is 5.89 Å². The second-order valence-electron chi connectivity index (χ2n) is 5.31. The lowest BCUT2D eigenvalue weighted by atomic mass is 10.1. The zero-order chi connectivity index (χ0) is 15.7. The average molecular weight is 363 g/mol. The number of halogens is 1. The van der Waals surface area contributed by atoms with Crippen LogP contribution in [0, 0.1) is 5.92 Å². The van der Waals surface area contributed by atoms with E-state index >= 15 is 0 Å². The molecule has 120 valence electrons. The van der Waals surface area contributed by atoms with Crippen LogP contribution in [0.15, 0.2) is 15.7 Å². The van der Waals surface area contributed by atoms with E-state index in [2.05, 4.69) is 15.3 Å². The quantitative estimate of drug-likeness (QED) is 0.748. The number of nitrogens with zero attached hydrogens (tertiary/aromatic N) is 4. The van der Waals surface area contributed by atoms with Gasteiger partial charge in [-0.05, 0) is 18.4 Å². The van der Waals surface area contributed by atoms with E-state index in [1.54, 1.807) is 17.8 Å². The Bertz CT molecular complexity index is 752. The fourth-order valence-electron chi connectivity index (χ4n) is 2.37. The molecule has 3 rings (SSSR count). The summed E-state index contributed by atoms with van der Waals surface area (Å²) in [6, 6.07) is 1.79. The fourth-order valence-corrected chi connectivity index (χ4v) is 5.06. The van der Waals surface area contributed by atoms with Gasteiger partial charge in [0.25, 0.3) is 5.22 Å². The molecule has 0 aliphatic carbocycles. The lowest BCUT2D eigenvalue weighted by Crippen LogP contribution is -2.07. The first kappa shape index (κ1) is 15.8. The molecule has 10 heteroatoms. The van der Waals surface area contributed by atoms with E-state index in [-0.39, 0.29) is 17.4 Å². The zero-order valence-corrected chi connectivity index (χ0v) is 14.3. The third kappa shape index (κ3) is 3.82. The summed E-state index contributed by atoms with van der Waals surface area (Å²) >= 11 is 7.31. The van der Waals surface area contributed by atoms with Crippen molar-refractivity contribution in [1.82, 2.24) is 20.0 Å². The zero-order valence-electron chi connectivity index (χ0n) is 11.9. The maximum Gasteiger partial charge on any atom is 0.276 e. The summed E-state index contributed by atoms with van der Waals surface area (Å²) in [4.78, 5) is 0. The predicted molar refractivity (Wildman–Crippen MR) is 82.5 cm³/mol. The first-order valence-electron chi connectivity index (χ1n) is 6.75. The summed E-state index contributed by atoms with van der Waals surface area (Å²) in [5.74, 6) is 1.62. The molecule has 0 spiro atoms. The van der Waals surface area contributed by atoms with E-state index in [1.807, 2.05) is 0 Å². The van der Waals surface area contributed by atoms with Gasteiger partial charge in [0.1, 0.15) is 5.15 Å². The van der Waals surface area contributed by atoms with Gasteiger partial charge in [-0.15, -0.1) is 10.2 Å². The molecule has 2 aromatic rings. The SMILES string of the molecule is Cn1nc(CSc2nnc(CC3CCS(=O)(=O)C3)o2)cc1Cl. The molecule has 1 aliphatic heterocycles. The Morgan fingerprint density at radius 3 is 2.95 bits per heavy atom. The molecule has 0 saturated carbocycles. The first-order valence-corrected chi connectivity index (χ1v) is 9.94. The largest absolute Gasteiger partial charge is 0.416 e. The Morgan fingerprint density at radius 2 is 2.32 bits per heavy atom. The highest BCUT2D eigenvalue weighted by Crippen LogP contribution is 2.25. The van der Waals surface area contributed by atoms with Crippen molar-refractivity contribution in [3.05, 3.63) is 22.8 Å². The van der Waals surface area contributed by atoms with Crippen LogP contribution in [0.25, 0.3) is 0 Å². The summed E-state index contributed by atoms with van der Waals surface area (Å²) in [6.45, 7) is 0. The van der Waals surface area contributed by atoms with Gasteiger partial charge in [0, 0.05) is 19.2 Å². The summed E-state index contributed by atoms with van der Waals surface area (Å²) in [5, 5.41) is 13.2. The van der Waals surface area contributed by atoms with E-state index < -0.39 is 9.84 Å². The van der Waals surface area contributed by atoms with Crippen LogP contribution in [0.4, 0.5) is 0 Å². The maximum absolute atomic E-state index is 11.4. The van der Waals surface area contributed by atoms with Gasteiger partial charge in [0.15, 0.2) is 9.84 Å². The molecular weight excluding hydrogens is 348 g/mol. The van der Waals surface area contributed by atoms with Crippen molar-refractivity contribution in [3.63, 3.8) is 0 Å². The van der Waals surface area contributed by atoms with Crippen molar-refractivity contribution in [2.45, 2.75) is 23.8 Å². The highest BCUT2D eigenvalue weighted by atomic mass is 35.5. The topological polar surface area (TPSA) is 90.9 Å². The maximum atomic E-state index is 11.4. The van der Waals surface area contributed by atoms with Gasteiger partial charge in [-0.2, -0.15) is 5.10 Å². The van der Waals surface area contributed by atoms with Crippen LogP contribution < -0.4 is 0 Å². The number of thioether (sulfide) groups is 1. The predicted octanol–water partition coefficient (Wildman–Crippen LogP) is 1.73. The molecular formula is C12H15ClN4O3S2. The van der Waals surface area contributed by atoms with E-state index in [0.29, 0.717) is 34.9 Å². The standard InChI is InChI=1S/C12H15ClN4O3S2/c1-17-10(13)5-9(16-17)6-21-12-15-14-11(20-12)4-8-2-3-22(18,19)7-8/h5,8H,2-4,6-7H2,1H3. The summed E-state index contributed by atoms with van der Waals surface area (Å²) in [7, 11) is -1.10. The van der Waals surface area contributed by atoms with Crippen LogP contribution in [0.3, 0.4) is 0 Å². The van der Waals surface area contributed by atoms with Crippen LogP contribution in [-0.4, -0.2) is 39.9 Å². The third-order valence-corrected chi connectivity index (χ3v) is 6.50. The van der Waals surface area contributed by atoms with Gasteiger partial charge in [0.05, 0.1) is 17.2 Å². The number of sulfone groups is 1. The van der Waals surface area contributed by atoms with E-state index in [9.17, 15) is 8.42 Å². The highest BCUT2D eigenvalue weighted by Gasteiger charge is 2.29. The molecule has 1 unspecified atom stereocenters. The van der Waals surface area contributed by atoms with Crippen LogP contribution in [0.1, 0.15) is 18.0 Å². The second-order valence-corrected chi connectivity index (χ2v) is 8.85. The molecule has 7 nitrogen and oxygen atoms in total. The highest BCUT2D eigenvalue weighted by molar-refractivity contribution is 7.98. The van der Waals surface area contributed by atoms with Crippen molar-refractivity contribution in [2.24, 2.45) is 13.0 Å². The molecule has 0 bridgehead atoms. The Hall–Kier alpha value is -1.06. The number of aromatic nitrogens is 4. The Balaban J connectivity index is 1.55. The minimum absolute atomic E-state index is 0.0814. The molecule has 1 fully saturated rings. The molecule has 1 aliphatic rings. The van der Waals surface area contributed by atoms with E-state index in [4.69, 9.17) is 16.0 Å². The summed E-state index contributed by atoms with van der Waals surface area (Å²) < 4.78 is 30.0. The normalized spacial score (nSPS) is 20.5. The summed E-state index contributed by atoms with van der Waals surface area (Å²) in [6.07, 6.45) is 1.18. The summed E-state index contributed by atoms with van der Waals surface area (Å²) in [5.41, 5.74) is 0.833. The van der Waals surface area contributed by atoms with Crippen molar-refractivity contribution in [1.29, 1.82) is 0 Å². The molecule has 0 radical (unpaired) electrons. The number of hydrogen-bond donors (Lipinski definition) is 0. The lowest BCUT2D eigenvalue weighted by Gasteiger charge is -2.01. The van der Waals surface area contributed by atoms with Crippen LogP contribution >= 0.6 is 23.4 Å².